The minimum atomic E-state index is 0. The van der Waals surface area contributed by atoms with Crippen molar-refractivity contribution in [2.45, 2.75) is 18.9 Å². The summed E-state index contributed by atoms with van der Waals surface area (Å²) in [7, 11) is 0. The highest BCUT2D eigenvalue weighted by Crippen LogP contribution is 2.37. The summed E-state index contributed by atoms with van der Waals surface area (Å²) in [6, 6.07) is 0.241. The Morgan fingerprint density at radius 2 is 2.14 bits per heavy atom. The van der Waals surface area contributed by atoms with E-state index in [0.29, 0.717) is 23.0 Å². The number of nitrogens with zero attached hydrogens (tertiary/aromatic N) is 4. The van der Waals surface area contributed by atoms with Gasteiger partial charge in [0.1, 0.15) is 5.56 Å². The van der Waals surface area contributed by atoms with Gasteiger partial charge in [-0.25, -0.2) is 9.50 Å². The number of halogens is 2. The van der Waals surface area contributed by atoms with E-state index >= 15 is 0 Å². The van der Waals surface area contributed by atoms with Crippen LogP contribution in [0.1, 0.15) is 23.2 Å². The maximum Gasteiger partial charge on any atom is 0.259 e. The van der Waals surface area contributed by atoms with Gasteiger partial charge in [-0.3, -0.25) is 4.79 Å². The molecular formula is C14H17BrClN5O. The molecule has 0 bridgehead atoms. The highest BCUT2D eigenvalue weighted by atomic mass is 79.9. The Kier molecular flexibility index (Phi) is 4.13. The zero-order valence-electron chi connectivity index (χ0n) is 11.9. The van der Waals surface area contributed by atoms with Crippen molar-refractivity contribution in [2.24, 2.45) is 17.6 Å². The largest absolute Gasteiger partial charge is 0.338 e. The average molecular weight is 387 g/mol. The normalized spacial score (nSPS) is 27.0. The molecule has 118 valence electrons. The Morgan fingerprint density at radius 1 is 1.32 bits per heavy atom. The highest BCUT2D eigenvalue weighted by Gasteiger charge is 2.43. The van der Waals surface area contributed by atoms with E-state index in [2.05, 4.69) is 26.0 Å². The number of carbonyl (C=O) groups excluding carboxylic acids is 1. The van der Waals surface area contributed by atoms with Crippen LogP contribution in [0, 0.1) is 11.8 Å². The molecule has 3 unspecified atom stereocenters. The number of aromatic nitrogens is 3. The molecule has 1 saturated heterocycles. The second kappa shape index (κ2) is 5.79. The number of nitrogens with two attached hydrogens (primary N) is 1. The van der Waals surface area contributed by atoms with Crippen LogP contribution in [0.5, 0.6) is 0 Å². The fourth-order valence-electron chi connectivity index (χ4n) is 3.65. The summed E-state index contributed by atoms with van der Waals surface area (Å²) in [5.41, 5.74) is 7.30. The molecule has 2 N–H and O–H groups in total. The maximum atomic E-state index is 12.7. The second-order valence-electron chi connectivity index (χ2n) is 5.97. The minimum absolute atomic E-state index is 0. The molecule has 1 aliphatic carbocycles. The summed E-state index contributed by atoms with van der Waals surface area (Å²) in [6.45, 7) is 1.57. The van der Waals surface area contributed by atoms with Gasteiger partial charge in [-0.1, -0.05) is 0 Å². The van der Waals surface area contributed by atoms with Crippen molar-refractivity contribution < 1.29 is 4.79 Å². The number of amides is 1. The molecule has 3 atom stereocenters. The van der Waals surface area contributed by atoms with Crippen molar-refractivity contribution in [3.8, 4) is 0 Å². The molecule has 2 aromatic heterocycles. The first kappa shape index (κ1) is 15.7. The van der Waals surface area contributed by atoms with Crippen LogP contribution in [0.4, 0.5) is 0 Å². The Bertz CT molecular complexity index is 720. The van der Waals surface area contributed by atoms with Crippen molar-refractivity contribution >= 4 is 39.9 Å². The van der Waals surface area contributed by atoms with Gasteiger partial charge in [-0.15, -0.1) is 12.4 Å². The molecule has 2 aromatic rings. The molecule has 1 amide bonds. The zero-order valence-corrected chi connectivity index (χ0v) is 14.3. The number of likely N-dealkylation sites (tertiary alicyclic amines) is 1. The topological polar surface area (TPSA) is 76.5 Å². The number of hydrogen-bond acceptors (Lipinski definition) is 4. The summed E-state index contributed by atoms with van der Waals surface area (Å²) in [4.78, 5) is 18.9. The monoisotopic (exact) mass is 385 g/mol. The third-order valence-corrected chi connectivity index (χ3v) is 5.16. The second-order valence-corrected chi connectivity index (χ2v) is 6.89. The van der Waals surface area contributed by atoms with Gasteiger partial charge >= 0.3 is 0 Å². The number of hydrogen-bond donors (Lipinski definition) is 1. The molecule has 0 radical (unpaired) electrons. The lowest BCUT2D eigenvalue weighted by Gasteiger charge is -2.18. The molecule has 1 aliphatic heterocycles. The third-order valence-electron chi connectivity index (χ3n) is 4.75. The summed E-state index contributed by atoms with van der Waals surface area (Å²) >= 11 is 3.35. The van der Waals surface area contributed by atoms with Crippen LogP contribution in [0.25, 0.3) is 5.65 Å². The van der Waals surface area contributed by atoms with E-state index in [1.54, 1.807) is 23.1 Å². The molecule has 2 aliphatic rings. The van der Waals surface area contributed by atoms with Gasteiger partial charge in [0.25, 0.3) is 5.91 Å². The minimum Gasteiger partial charge on any atom is -0.338 e. The SMILES string of the molecule is Cl.NC1CCC2CN(C(=O)c3cnn4cc(Br)cnc34)CC12. The van der Waals surface area contributed by atoms with E-state index < -0.39 is 0 Å². The molecule has 6 nitrogen and oxygen atoms in total. The standard InChI is InChI=1S/C14H16BrN5O.ClH/c15-9-3-17-13-10(4-18-20(13)6-9)14(21)19-5-8-1-2-12(16)11(8)7-19;/h3-4,6,8,11-12H,1-2,5,7,16H2;1H. The Labute approximate surface area is 142 Å². The van der Waals surface area contributed by atoms with Crippen LogP contribution >= 0.6 is 28.3 Å². The number of carbonyl (C=O) groups is 1. The van der Waals surface area contributed by atoms with Crippen molar-refractivity contribution in [3.63, 3.8) is 0 Å². The first-order chi connectivity index (χ1) is 10.1. The lowest BCUT2D eigenvalue weighted by Crippen LogP contribution is -2.33. The van der Waals surface area contributed by atoms with E-state index in [1.807, 2.05) is 4.90 Å². The molecule has 3 heterocycles. The van der Waals surface area contributed by atoms with Gasteiger partial charge in [-0.05, 0) is 40.6 Å². The van der Waals surface area contributed by atoms with Gasteiger partial charge in [0.05, 0.1) is 10.7 Å². The molecular weight excluding hydrogens is 370 g/mol. The lowest BCUT2D eigenvalue weighted by atomic mass is 9.98. The summed E-state index contributed by atoms with van der Waals surface area (Å²) < 4.78 is 2.46. The van der Waals surface area contributed by atoms with E-state index in [0.717, 1.165) is 30.4 Å². The summed E-state index contributed by atoms with van der Waals surface area (Å²) in [5.74, 6) is 1.03. The number of rotatable bonds is 1. The van der Waals surface area contributed by atoms with Gasteiger partial charge in [0.15, 0.2) is 5.65 Å². The van der Waals surface area contributed by atoms with Gasteiger partial charge in [0.2, 0.25) is 0 Å². The highest BCUT2D eigenvalue weighted by molar-refractivity contribution is 9.10. The zero-order chi connectivity index (χ0) is 14.6. The molecule has 0 spiro atoms. The van der Waals surface area contributed by atoms with E-state index in [-0.39, 0.29) is 24.4 Å². The van der Waals surface area contributed by atoms with Crippen LogP contribution < -0.4 is 5.73 Å². The molecule has 8 heteroatoms. The smallest absolute Gasteiger partial charge is 0.259 e. The quantitative estimate of drug-likeness (QED) is 0.809. The predicted octanol–water partition coefficient (Wildman–Crippen LogP) is 1.72. The Morgan fingerprint density at radius 3 is 2.91 bits per heavy atom. The summed E-state index contributed by atoms with van der Waals surface area (Å²) in [5, 5.41) is 4.21. The van der Waals surface area contributed by atoms with E-state index in [9.17, 15) is 4.79 Å². The maximum absolute atomic E-state index is 12.7. The van der Waals surface area contributed by atoms with Gasteiger partial charge in [0, 0.05) is 31.5 Å². The third kappa shape index (κ3) is 2.41. The molecule has 0 aromatic carbocycles. The van der Waals surface area contributed by atoms with Crippen LogP contribution in [-0.2, 0) is 0 Å². The fraction of sp³-hybridized carbons (Fsp3) is 0.500. The van der Waals surface area contributed by atoms with Crippen LogP contribution in [0.15, 0.2) is 23.1 Å². The van der Waals surface area contributed by atoms with Crippen molar-refractivity contribution in [1.82, 2.24) is 19.5 Å². The van der Waals surface area contributed by atoms with Gasteiger partial charge < -0.3 is 10.6 Å². The first-order valence-corrected chi connectivity index (χ1v) is 7.96. The summed E-state index contributed by atoms with van der Waals surface area (Å²) in [6.07, 6.45) is 7.31. The fourth-order valence-corrected chi connectivity index (χ4v) is 3.94. The lowest BCUT2D eigenvalue weighted by molar-refractivity contribution is 0.0781. The average Bonchev–Trinajstić information content (AvgIpc) is 3.14. The van der Waals surface area contributed by atoms with Crippen molar-refractivity contribution in [2.75, 3.05) is 13.1 Å². The van der Waals surface area contributed by atoms with Crippen LogP contribution in [0.3, 0.4) is 0 Å². The van der Waals surface area contributed by atoms with Crippen molar-refractivity contribution in [3.05, 3.63) is 28.6 Å². The Balaban J connectivity index is 0.00000144. The van der Waals surface area contributed by atoms with Crippen molar-refractivity contribution in [1.29, 1.82) is 0 Å². The molecule has 1 saturated carbocycles. The first-order valence-electron chi connectivity index (χ1n) is 7.17. The molecule has 2 fully saturated rings. The predicted molar refractivity (Wildman–Crippen MR) is 88.0 cm³/mol. The van der Waals surface area contributed by atoms with Crippen LogP contribution in [0.2, 0.25) is 0 Å². The van der Waals surface area contributed by atoms with E-state index in [1.165, 1.54) is 0 Å². The molecule has 22 heavy (non-hydrogen) atoms. The van der Waals surface area contributed by atoms with Crippen LogP contribution in [-0.4, -0.2) is 44.5 Å². The molecule has 4 rings (SSSR count). The number of fused-ring (bicyclic) bond motifs is 2. The van der Waals surface area contributed by atoms with E-state index in [4.69, 9.17) is 5.73 Å². The Hall–Kier alpha value is -1.18. The van der Waals surface area contributed by atoms with Gasteiger partial charge in [-0.2, -0.15) is 5.10 Å².